The number of hydrogen-bond acceptors (Lipinski definition) is 5. The van der Waals surface area contributed by atoms with Crippen LogP contribution in [0.1, 0.15) is 23.9 Å². The number of benzene rings is 2. The first-order chi connectivity index (χ1) is 14.3. The maximum Gasteiger partial charge on any atom is 0.339 e. The van der Waals surface area contributed by atoms with Crippen LogP contribution in [0.5, 0.6) is 5.75 Å². The third-order valence-corrected chi connectivity index (χ3v) is 4.65. The van der Waals surface area contributed by atoms with Crippen LogP contribution in [-0.2, 0) is 6.61 Å². The molecule has 0 spiro atoms. The fraction of sp³-hybridized carbons (Fsp3) is 0.182. The van der Waals surface area contributed by atoms with Gasteiger partial charge in [-0.05, 0) is 55.8 Å². The number of nitrogens with two attached hydrogens (primary N) is 1. The highest BCUT2D eigenvalue weighted by molar-refractivity contribution is 6.30. The molecule has 0 bridgehead atoms. The molecule has 1 atom stereocenters. The summed E-state index contributed by atoms with van der Waals surface area (Å²) in [4.78, 5) is 15.5. The monoisotopic (exact) mass is 427 g/mol. The number of urea groups is 1. The Balaban J connectivity index is 1.66. The van der Waals surface area contributed by atoms with Gasteiger partial charge in [0, 0.05) is 10.6 Å². The summed E-state index contributed by atoms with van der Waals surface area (Å²) >= 11 is 5.92. The predicted molar refractivity (Wildman–Crippen MR) is 114 cm³/mol. The number of aryl methyl sites for hydroxylation is 1. The lowest BCUT2D eigenvalue weighted by Crippen LogP contribution is -2.38. The molecule has 0 radical (unpaired) electrons. The summed E-state index contributed by atoms with van der Waals surface area (Å²) in [5.74, 6) is 1.84. The van der Waals surface area contributed by atoms with E-state index < -0.39 is 12.1 Å². The van der Waals surface area contributed by atoms with Crippen molar-refractivity contribution in [2.45, 2.75) is 26.5 Å². The summed E-state index contributed by atoms with van der Waals surface area (Å²) in [7, 11) is 0. The number of hydrogen-bond donors (Lipinski definition) is 2. The molecule has 3 N–H and O–H groups in total. The standard InChI is InChI=1S/C22H22ClN3O4/c1-14(26(28)22(24)27)6-7-16-4-3-5-19(12-16)29-13-20-15(2)30-21(25-20)17-8-10-18(23)11-9-17/h3-12,14,28H,13H2,1-2H3,(H2,24,27). The van der Waals surface area contributed by atoms with Crippen molar-refractivity contribution in [3.8, 4) is 17.2 Å². The van der Waals surface area contributed by atoms with Crippen molar-refractivity contribution in [2.24, 2.45) is 5.73 Å². The number of hydroxylamine groups is 2. The molecular formula is C22H22ClN3O4. The molecule has 0 saturated carbocycles. The Morgan fingerprint density at radius 2 is 2.07 bits per heavy atom. The second-order valence-corrected chi connectivity index (χ2v) is 7.11. The van der Waals surface area contributed by atoms with Gasteiger partial charge in [0.1, 0.15) is 23.8 Å². The van der Waals surface area contributed by atoms with E-state index >= 15 is 0 Å². The van der Waals surface area contributed by atoms with Gasteiger partial charge in [-0.1, -0.05) is 35.9 Å². The molecule has 8 heteroatoms. The number of primary amides is 1. The minimum atomic E-state index is -0.912. The molecule has 30 heavy (non-hydrogen) atoms. The summed E-state index contributed by atoms with van der Waals surface area (Å²) in [6.07, 6.45) is 3.42. The highest BCUT2D eigenvalue weighted by Crippen LogP contribution is 2.24. The van der Waals surface area contributed by atoms with Gasteiger partial charge in [0.2, 0.25) is 5.89 Å². The van der Waals surface area contributed by atoms with Crippen molar-refractivity contribution in [1.82, 2.24) is 10.0 Å². The van der Waals surface area contributed by atoms with E-state index in [1.807, 2.05) is 43.3 Å². The molecule has 1 aromatic heterocycles. The van der Waals surface area contributed by atoms with Gasteiger partial charge >= 0.3 is 6.03 Å². The lowest BCUT2D eigenvalue weighted by atomic mass is 10.1. The minimum absolute atomic E-state index is 0.249. The maximum atomic E-state index is 11.0. The Kier molecular flexibility index (Phi) is 6.76. The number of halogens is 1. The molecule has 1 unspecified atom stereocenters. The number of carbonyl (C=O) groups is 1. The van der Waals surface area contributed by atoms with Crippen molar-refractivity contribution >= 4 is 23.7 Å². The van der Waals surface area contributed by atoms with Crippen LogP contribution in [0.4, 0.5) is 4.79 Å². The van der Waals surface area contributed by atoms with Crippen LogP contribution in [0.25, 0.3) is 17.5 Å². The first-order valence-electron chi connectivity index (χ1n) is 9.24. The van der Waals surface area contributed by atoms with E-state index in [1.165, 1.54) is 0 Å². The molecular weight excluding hydrogens is 406 g/mol. The van der Waals surface area contributed by atoms with E-state index in [9.17, 15) is 10.0 Å². The van der Waals surface area contributed by atoms with Crippen molar-refractivity contribution in [3.05, 3.63) is 76.6 Å². The molecule has 1 heterocycles. The number of aromatic nitrogens is 1. The summed E-state index contributed by atoms with van der Waals surface area (Å²) in [5, 5.41) is 10.6. The van der Waals surface area contributed by atoms with Crippen molar-refractivity contribution in [2.75, 3.05) is 0 Å². The molecule has 3 rings (SSSR count). The van der Waals surface area contributed by atoms with Crippen LogP contribution in [0.15, 0.2) is 59.0 Å². The molecule has 0 aliphatic carbocycles. The zero-order chi connectivity index (χ0) is 21.7. The third kappa shape index (κ3) is 5.40. The third-order valence-electron chi connectivity index (χ3n) is 4.40. The molecule has 3 aromatic rings. The Morgan fingerprint density at radius 1 is 1.33 bits per heavy atom. The first-order valence-corrected chi connectivity index (χ1v) is 9.62. The molecule has 0 aliphatic heterocycles. The maximum absolute atomic E-state index is 11.0. The van der Waals surface area contributed by atoms with E-state index in [-0.39, 0.29) is 6.61 Å². The summed E-state index contributed by atoms with van der Waals surface area (Å²) in [6, 6.07) is 13.2. The Bertz CT molecular complexity index is 1050. The van der Waals surface area contributed by atoms with E-state index in [4.69, 9.17) is 26.5 Å². The van der Waals surface area contributed by atoms with Crippen LogP contribution in [0.2, 0.25) is 5.02 Å². The van der Waals surface area contributed by atoms with Crippen molar-refractivity contribution < 1.29 is 19.2 Å². The second kappa shape index (κ2) is 9.47. The van der Waals surface area contributed by atoms with Crippen molar-refractivity contribution in [3.63, 3.8) is 0 Å². The highest BCUT2D eigenvalue weighted by Gasteiger charge is 2.13. The largest absolute Gasteiger partial charge is 0.487 e. The SMILES string of the molecule is Cc1oc(-c2ccc(Cl)cc2)nc1COc1cccc(C=CC(C)N(O)C(N)=O)c1. The van der Waals surface area contributed by atoms with Gasteiger partial charge in [-0.25, -0.2) is 9.78 Å². The number of rotatable bonds is 7. The van der Waals surface area contributed by atoms with Crippen LogP contribution in [0, 0.1) is 6.92 Å². The number of carbonyl (C=O) groups excluding carboxylic acids is 1. The first kappa shape index (κ1) is 21.4. The fourth-order valence-corrected chi connectivity index (χ4v) is 2.80. The lowest BCUT2D eigenvalue weighted by Gasteiger charge is -2.16. The number of oxazole rings is 1. The summed E-state index contributed by atoms with van der Waals surface area (Å²) < 4.78 is 11.6. The van der Waals surface area contributed by atoms with Crippen LogP contribution < -0.4 is 10.5 Å². The molecule has 2 aromatic carbocycles. The number of amides is 2. The topological polar surface area (TPSA) is 102 Å². The van der Waals surface area contributed by atoms with Gasteiger partial charge in [-0.3, -0.25) is 5.21 Å². The second-order valence-electron chi connectivity index (χ2n) is 6.67. The molecule has 2 amide bonds. The van der Waals surface area contributed by atoms with E-state index in [0.29, 0.717) is 33.2 Å². The molecule has 0 fully saturated rings. The average molecular weight is 428 g/mol. The summed E-state index contributed by atoms with van der Waals surface area (Å²) in [5.41, 5.74) is 7.43. The van der Waals surface area contributed by atoms with Gasteiger partial charge in [0.05, 0.1) is 6.04 Å². The fourth-order valence-electron chi connectivity index (χ4n) is 2.67. The highest BCUT2D eigenvalue weighted by atomic mass is 35.5. The lowest BCUT2D eigenvalue weighted by molar-refractivity contribution is -0.0560. The molecule has 0 aliphatic rings. The van der Waals surface area contributed by atoms with Gasteiger partial charge in [-0.15, -0.1) is 0 Å². The minimum Gasteiger partial charge on any atom is -0.487 e. The van der Waals surface area contributed by atoms with E-state index in [2.05, 4.69) is 4.98 Å². The van der Waals surface area contributed by atoms with Gasteiger partial charge in [0.25, 0.3) is 0 Å². The normalized spacial score (nSPS) is 12.1. The van der Waals surface area contributed by atoms with E-state index in [1.54, 1.807) is 31.2 Å². The van der Waals surface area contributed by atoms with E-state index in [0.717, 1.165) is 11.1 Å². The Hall–Kier alpha value is -3.29. The number of ether oxygens (including phenoxy) is 1. The Morgan fingerprint density at radius 3 is 2.77 bits per heavy atom. The Labute approximate surface area is 179 Å². The smallest absolute Gasteiger partial charge is 0.339 e. The van der Waals surface area contributed by atoms with Gasteiger partial charge in [-0.2, -0.15) is 5.06 Å². The van der Waals surface area contributed by atoms with Crippen LogP contribution in [0.3, 0.4) is 0 Å². The molecule has 0 saturated heterocycles. The average Bonchev–Trinajstić information content (AvgIpc) is 3.11. The van der Waals surface area contributed by atoms with Crippen LogP contribution in [-0.4, -0.2) is 27.3 Å². The predicted octanol–water partition coefficient (Wildman–Crippen LogP) is 5.05. The zero-order valence-corrected chi connectivity index (χ0v) is 17.3. The van der Waals surface area contributed by atoms with Gasteiger partial charge < -0.3 is 14.9 Å². The molecule has 7 nitrogen and oxygen atoms in total. The zero-order valence-electron chi connectivity index (χ0n) is 16.6. The van der Waals surface area contributed by atoms with Crippen LogP contribution >= 0.6 is 11.6 Å². The number of nitrogens with zero attached hydrogens (tertiary/aromatic N) is 2. The van der Waals surface area contributed by atoms with Gasteiger partial charge in [0.15, 0.2) is 0 Å². The summed E-state index contributed by atoms with van der Waals surface area (Å²) in [6.45, 7) is 3.73. The van der Waals surface area contributed by atoms with Crippen molar-refractivity contribution in [1.29, 1.82) is 0 Å². The molecule has 156 valence electrons. The quantitative estimate of drug-likeness (QED) is 0.405.